The maximum absolute atomic E-state index is 12.5. The predicted molar refractivity (Wildman–Crippen MR) is 105 cm³/mol. The fourth-order valence-corrected chi connectivity index (χ4v) is 4.37. The van der Waals surface area contributed by atoms with Crippen LogP contribution in [-0.2, 0) is 11.2 Å². The summed E-state index contributed by atoms with van der Waals surface area (Å²) in [5.74, 6) is 1.05. The Labute approximate surface area is 164 Å². The van der Waals surface area contributed by atoms with Crippen LogP contribution in [0.25, 0.3) is 0 Å². The molecule has 6 heteroatoms. The van der Waals surface area contributed by atoms with Gasteiger partial charge in [-0.05, 0) is 43.3 Å². The van der Waals surface area contributed by atoms with Gasteiger partial charge in [0.1, 0.15) is 12.4 Å². The van der Waals surface area contributed by atoms with Gasteiger partial charge in [0.25, 0.3) is 0 Å². The van der Waals surface area contributed by atoms with Gasteiger partial charge in [-0.15, -0.1) is 0 Å². The van der Waals surface area contributed by atoms with E-state index in [1.54, 1.807) is 12.4 Å². The number of carbonyl (C=O) groups excluding carboxylic acids is 1. The number of carbonyl (C=O) groups is 1. The molecule has 27 heavy (non-hydrogen) atoms. The van der Waals surface area contributed by atoms with E-state index in [9.17, 15) is 4.79 Å². The van der Waals surface area contributed by atoms with Crippen molar-refractivity contribution in [1.82, 2.24) is 14.8 Å². The summed E-state index contributed by atoms with van der Waals surface area (Å²) in [5.41, 5.74) is 1.23. The van der Waals surface area contributed by atoms with Gasteiger partial charge in [0, 0.05) is 48.5 Å². The van der Waals surface area contributed by atoms with Crippen molar-refractivity contribution in [1.29, 1.82) is 0 Å². The Kier molecular flexibility index (Phi) is 5.06. The summed E-state index contributed by atoms with van der Waals surface area (Å²) < 4.78 is 5.91. The van der Waals surface area contributed by atoms with Gasteiger partial charge in [-0.1, -0.05) is 23.7 Å². The molecule has 0 saturated carbocycles. The average molecular weight is 386 g/mol. The highest BCUT2D eigenvalue weighted by Gasteiger charge is 2.51. The zero-order valence-corrected chi connectivity index (χ0v) is 16.2. The molecule has 4 rings (SSSR count). The maximum Gasteiger partial charge on any atom is 0.227 e. The number of rotatable bonds is 5. The van der Waals surface area contributed by atoms with E-state index in [2.05, 4.69) is 16.9 Å². The Morgan fingerprint density at radius 2 is 1.89 bits per heavy atom. The molecule has 1 aromatic carbocycles. The summed E-state index contributed by atoms with van der Waals surface area (Å²) in [6.07, 6.45) is 4.99. The average Bonchev–Trinajstić information content (AvgIpc) is 2.98. The van der Waals surface area contributed by atoms with Crippen molar-refractivity contribution in [3.8, 4) is 5.75 Å². The van der Waals surface area contributed by atoms with E-state index < -0.39 is 0 Å². The van der Waals surface area contributed by atoms with Crippen molar-refractivity contribution in [2.75, 3.05) is 33.3 Å². The zero-order valence-electron chi connectivity index (χ0n) is 15.5. The first-order valence-corrected chi connectivity index (χ1v) is 9.66. The largest absolute Gasteiger partial charge is 0.492 e. The second-order valence-electron chi connectivity index (χ2n) is 7.82. The molecular formula is C21H24ClN3O2. The number of halogens is 1. The number of amides is 1. The highest BCUT2D eigenvalue weighted by molar-refractivity contribution is 6.30. The second kappa shape index (κ2) is 7.49. The van der Waals surface area contributed by atoms with E-state index in [-0.39, 0.29) is 11.3 Å². The molecule has 2 aliphatic heterocycles. The maximum atomic E-state index is 12.5. The third-order valence-corrected chi connectivity index (χ3v) is 5.89. The van der Waals surface area contributed by atoms with Crippen LogP contribution in [0.5, 0.6) is 5.75 Å². The molecular weight excluding hydrogens is 362 g/mol. The van der Waals surface area contributed by atoms with Crippen LogP contribution in [0, 0.1) is 5.41 Å². The number of pyridine rings is 1. The molecule has 2 aliphatic rings. The fourth-order valence-electron chi connectivity index (χ4n) is 4.25. The molecule has 142 valence electrons. The molecule has 2 saturated heterocycles. The van der Waals surface area contributed by atoms with Gasteiger partial charge in [-0.3, -0.25) is 14.7 Å². The minimum Gasteiger partial charge on any atom is -0.492 e. The number of benzene rings is 1. The number of hydrogen-bond donors (Lipinski definition) is 0. The highest BCUT2D eigenvalue weighted by atomic mass is 35.5. The molecule has 0 radical (unpaired) electrons. The lowest BCUT2D eigenvalue weighted by atomic mass is 9.77. The summed E-state index contributed by atoms with van der Waals surface area (Å²) in [6, 6.07) is 11.7. The number of likely N-dealkylation sites (N-methyl/N-ethyl adjacent to an activating group) is 1. The van der Waals surface area contributed by atoms with E-state index in [0.717, 1.165) is 37.4 Å². The molecule has 2 fully saturated rings. The molecule has 3 heterocycles. The molecule has 1 spiro atoms. The molecule has 2 aromatic rings. The smallest absolute Gasteiger partial charge is 0.227 e. The van der Waals surface area contributed by atoms with Crippen LogP contribution in [0.3, 0.4) is 0 Å². The van der Waals surface area contributed by atoms with Crippen LogP contribution in [-0.4, -0.2) is 60.0 Å². The van der Waals surface area contributed by atoms with Crippen LogP contribution in [0.4, 0.5) is 0 Å². The van der Waals surface area contributed by atoms with E-state index in [4.69, 9.17) is 16.3 Å². The summed E-state index contributed by atoms with van der Waals surface area (Å²) in [4.78, 5) is 20.9. The summed E-state index contributed by atoms with van der Waals surface area (Å²) in [7, 11) is 2.15. The van der Waals surface area contributed by atoms with Crippen LogP contribution in [0.2, 0.25) is 5.02 Å². The van der Waals surface area contributed by atoms with Crippen molar-refractivity contribution in [2.24, 2.45) is 5.41 Å². The van der Waals surface area contributed by atoms with Crippen LogP contribution in [0.15, 0.2) is 48.8 Å². The number of nitrogens with zero attached hydrogens (tertiary/aromatic N) is 3. The monoisotopic (exact) mass is 385 g/mol. The van der Waals surface area contributed by atoms with Gasteiger partial charge in [-0.25, -0.2) is 0 Å². The zero-order chi connectivity index (χ0) is 18.9. The molecule has 0 aliphatic carbocycles. The van der Waals surface area contributed by atoms with Crippen molar-refractivity contribution < 1.29 is 9.53 Å². The van der Waals surface area contributed by atoms with Gasteiger partial charge >= 0.3 is 0 Å². The normalized spacial score (nSPS) is 21.3. The van der Waals surface area contributed by atoms with Gasteiger partial charge < -0.3 is 9.64 Å². The van der Waals surface area contributed by atoms with Crippen LogP contribution in [0.1, 0.15) is 12.0 Å². The molecule has 0 bridgehead atoms. The Bertz CT molecular complexity index is 791. The predicted octanol–water partition coefficient (Wildman–Crippen LogP) is 2.89. The lowest BCUT2D eigenvalue weighted by molar-refractivity contribution is -0.141. The topological polar surface area (TPSA) is 45.7 Å². The van der Waals surface area contributed by atoms with E-state index >= 15 is 0 Å². The molecule has 1 aromatic heterocycles. The standard InChI is InChI=1S/C21H24ClN3O2/c1-24-13-21(11-18(24)12-27-19-6-8-23-9-7-19)14-25(15-21)20(26)10-16-2-4-17(22)5-3-16/h2-9,18H,10-15H2,1H3. The van der Waals surface area contributed by atoms with Crippen molar-refractivity contribution in [3.05, 3.63) is 59.4 Å². The Morgan fingerprint density at radius 3 is 2.59 bits per heavy atom. The lowest BCUT2D eigenvalue weighted by Crippen LogP contribution is -2.59. The Balaban J connectivity index is 1.27. The molecule has 5 nitrogen and oxygen atoms in total. The first-order chi connectivity index (χ1) is 13.0. The van der Waals surface area contributed by atoms with Crippen molar-refractivity contribution in [3.63, 3.8) is 0 Å². The van der Waals surface area contributed by atoms with Crippen LogP contribution < -0.4 is 4.74 Å². The quantitative estimate of drug-likeness (QED) is 0.794. The third-order valence-electron chi connectivity index (χ3n) is 5.64. The molecule has 1 amide bonds. The first-order valence-electron chi connectivity index (χ1n) is 9.28. The number of ether oxygens (including phenoxy) is 1. The lowest BCUT2D eigenvalue weighted by Gasteiger charge is -2.48. The molecule has 1 unspecified atom stereocenters. The number of likely N-dealkylation sites (tertiary alicyclic amines) is 2. The van der Waals surface area contributed by atoms with E-state index in [0.29, 0.717) is 24.1 Å². The summed E-state index contributed by atoms with van der Waals surface area (Å²) in [5, 5.41) is 0.697. The van der Waals surface area contributed by atoms with Crippen molar-refractivity contribution in [2.45, 2.75) is 18.9 Å². The second-order valence-corrected chi connectivity index (χ2v) is 8.26. The van der Waals surface area contributed by atoms with Gasteiger partial charge in [0.15, 0.2) is 0 Å². The highest BCUT2D eigenvalue weighted by Crippen LogP contribution is 2.42. The first kappa shape index (κ1) is 18.3. The molecule has 1 atom stereocenters. The van der Waals surface area contributed by atoms with Gasteiger partial charge in [0.05, 0.1) is 6.42 Å². The Hall–Kier alpha value is -2.11. The SMILES string of the molecule is CN1CC2(CC1COc1ccncc1)CN(C(=O)Cc1ccc(Cl)cc1)C2. The van der Waals surface area contributed by atoms with Crippen LogP contribution >= 0.6 is 11.6 Å². The minimum absolute atomic E-state index is 0.196. The van der Waals surface area contributed by atoms with Gasteiger partial charge in [-0.2, -0.15) is 0 Å². The summed E-state index contributed by atoms with van der Waals surface area (Å²) >= 11 is 5.91. The Morgan fingerprint density at radius 1 is 1.19 bits per heavy atom. The van der Waals surface area contributed by atoms with Crippen molar-refractivity contribution >= 4 is 17.5 Å². The number of hydrogen-bond acceptors (Lipinski definition) is 4. The fraction of sp³-hybridized carbons (Fsp3) is 0.429. The summed E-state index contributed by atoms with van der Waals surface area (Å²) in [6.45, 7) is 3.37. The minimum atomic E-state index is 0.196. The van der Waals surface area contributed by atoms with Gasteiger partial charge in [0.2, 0.25) is 5.91 Å². The van der Waals surface area contributed by atoms with E-state index in [1.165, 1.54) is 0 Å². The third kappa shape index (κ3) is 4.09. The van der Waals surface area contributed by atoms with E-state index in [1.807, 2.05) is 41.3 Å². The number of aromatic nitrogens is 1. The molecule has 0 N–H and O–H groups in total.